The van der Waals surface area contributed by atoms with Crippen molar-refractivity contribution in [2.45, 2.75) is 38.7 Å². The fourth-order valence-electron chi connectivity index (χ4n) is 4.56. The van der Waals surface area contributed by atoms with Crippen molar-refractivity contribution < 1.29 is 15.0 Å². The first-order valence-corrected chi connectivity index (χ1v) is 14.4. The first-order valence-electron chi connectivity index (χ1n) is 12.2. The van der Waals surface area contributed by atoms with Crippen molar-refractivity contribution >= 4 is 47.8 Å². The molecule has 188 valence electrons. The number of hydrogen-bond acceptors (Lipinski definition) is 4. The molecular weight excluding hydrogens is 482 g/mol. The standard InChI is InChI=1S/C16H20Si.C14H15NO3S/c1-16(2,3)17(14-10-6-4-7-11-14)15-12-8-5-9-13-15;16-8-9-6-11(17)13(12(18)7-9)14(19)15-10-4-2-1-3-5-10/h4-13,17H,1-3H3;1-5,9,16-17H,6-8H2,(H,15,19). The molecule has 3 aromatic carbocycles. The van der Waals surface area contributed by atoms with Crippen LogP contribution >= 0.6 is 12.2 Å². The van der Waals surface area contributed by atoms with E-state index in [1.54, 1.807) is 0 Å². The van der Waals surface area contributed by atoms with Gasteiger partial charge in [0.2, 0.25) is 0 Å². The fourth-order valence-corrected chi connectivity index (χ4v) is 8.51. The van der Waals surface area contributed by atoms with E-state index in [-0.39, 0.29) is 47.5 Å². The van der Waals surface area contributed by atoms with Crippen LogP contribution in [0.1, 0.15) is 33.6 Å². The number of Topliss-reactive ketones (excluding diaryl/α,β-unsaturated/α-hetero) is 1. The number of anilines is 1. The first kappa shape index (κ1) is 27.5. The fraction of sp³-hybridized carbons (Fsp3) is 0.267. The Balaban J connectivity index is 0.000000202. The van der Waals surface area contributed by atoms with Gasteiger partial charge in [0.05, 0.1) is 5.57 Å². The van der Waals surface area contributed by atoms with Crippen LogP contribution in [0.15, 0.2) is 102 Å². The minimum Gasteiger partial charge on any atom is -0.511 e. The molecule has 1 aliphatic rings. The van der Waals surface area contributed by atoms with Gasteiger partial charge in [-0.2, -0.15) is 0 Å². The van der Waals surface area contributed by atoms with E-state index in [0.717, 1.165) is 5.69 Å². The van der Waals surface area contributed by atoms with Gasteiger partial charge >= 0.3 is 0 Å². The van der Waals surface area contributed by atoms with Crippen molar-refractivity contribution in [3.8, 4) is 0 Å². The summed E-state index contributed by atoms with van der Waals surface area (Å²) >= 11 is 5.17. The van der Waals surface area contributed by atoms with Crippen molar-refractivity contribution in [1.29, 1.82) is 0 Å². The summed E-state index contributed by atoms with van der Waals surface area (Å²) < 4.78 is 0. The highest BCUT2D eigenvalue weighted by Gasteiger charge is 2.30. The minimum absolute atomic E-state index is 0.0382. The summed E-state index contributed by atoms with van der Waals surface area (Å²) in [5.74, 6) is -0.476. The van der Waals surface area contributed by atoms with E-state index >= 15 is 0 Å². The second-order valence-corrected chi connectivity index (χ2v) is 14.5. The van der Waals surface area contributed by atoms with Crippen LogP contribution in [0.4, 0.5) is 5.69 Å². The van der Waals surface area contributed by atoms with Crippen LogP contribution < -0.4 is 15.7 Å². The predicted octanol–water partition coefficient (Wildman–Crippen LogP) is 5.04. The molecule has 4 rings (SSSR count). The SMILES string of the molecule is CC(C)(C)[SiH](c1ccccc1)c1ccccc1.O=C1CC(CO)CC(O)=C1C(=S)Nc1ccccc1. The zero-order valence-electron chi connectivity index (χ0n) is 21.1. The van der Waals surface area contributed by atoms with Gasteiger partial charge in [0.1, 0.15) is 19.5 Å². The number of benzene rings is 3. The van der Waals surface area contributed by atoms with Crippen LogP contribution in [-0.2, 0) is 4.79 Å². The smallest absolute Gasteiger partial charge is 0.169 e. The number of rotatable bonds is 5. The Morgan fingerprint density at radius 1 is 0.889 bits per heavy atom. The third-order valence-electron chi connectivity index (χ3n) is 6.17. The number of para-hydroxylation sites is 1. The maximum Gasteiger partial charge on any atom is 0.169 e. The number of thiocarbonyl (C=S) groups is 1. The Hall–Kier alpha value is -3.06. The van der Waals surface area contributed by atoms with E-state index in [4.69, 9.17) is 17.3 Å². The topological polar surface area (TPSA) is 69.6 Å². The number of allylic oxidation sites excluding steroid dienone is 1. The number of ketones is 1. The Bertz CT molecular complexity index is 1140. The van der Waals surface area contributed by atoms with Crippen molar-refractivity contribution in [1.82, 2.24) is 0 Å². The summed E-state index contributed by atoms with van der Waals surface area (Å²) in [7, 11) is -1.14. The highest BCUT2D eigenvalue weighted by Crippen LogP contribution is 2.27. The van der Waals surface area contributed by atoms with Crippen LogP contribution in [0.2, 0.25) is 5.04 Å². The van der Waals surface area contributed by atoms with Gasteiger partial charge in [0.25, 0.3) is 0 Å². The molecule has 4 nitrogen and oxygen atoms in total. The molecule has 0 aromatic heterocycles. The van der Waals surface area contributed by atoms with Gasteiger partial charge in [-0.25, -0.2) is 0 Å². The van der Waals surface area contributed by atoms with Gasteiger partial charge in [-0.1, -0.05) is 122 Å². The van der Waals surface area contributed by atoms with E-state index in [0.29, 0.717) is 5.04 Å². The normalized spacial score (nSPS) is 15.8. The largest absolute Gasteiger partial charge is 0.511 e. The van der Waals surface area contributed by atoms with Gasteiger partial charge in [0.15, 0.2) is 5.78 Å². The predicted molar refractivity (Wildman–Crippen MR) is 156 cm³/mol. The summed E-state index contributed by atoms with van der Waals surface area (Å²) in [4.78, 5) is 12.2. The molecule has 0 bridgehead atoms. The van der Waals surface area contributed by atoms with Gasteiger partial charge in [-0.05, 0) is 23.1 Å². The zero-order chi connectivity index (χ0) is 26.1. The number of carbonyl (C=O) groups is 1. The highest BCUT2D eigenvalue weighted by molar-refractivity contribution is 7.81. The molecule has 0 saturated carbocycles. The van der Waals surface area contributed by atoms with E-state index in [2.05, 4.69) is 86.8 Å². The monoisotopic (exact) mass is 517 g/mol. The van der Waals surface area contributed by atoms with Crippen LogP contribution in [0.25, 0.3) is 0 Å². The molecule has 1 atom stereocenters. The Morgan fingerprint density at radius 3 is 1.78 bits per heavy atom. The number of hydrogen-bond donors (Lipinski definition) is 3. The van der Waals surface area contributed by atoms with Gasteiger partial charge in [-0.15, -0.1) is 0 Å². The van der Waals surface area contributed by atoms with Crippen LogP contribution in [0, 0.1) is 5.92 Å². The molecule has 3 N–H and O–H groups in total. The third kappa shape index (κ3) is 7.47. The lowest BCUT2D eigenvalue weighted by molar-refractivity contribution is -0.117. The van der Waals surface area contributed by atoms with Crippen molar-refractivity contribution in [2.24, 2.45) is 5.92 Å². The van der Waals surface area contributed by atoms with Crippen LogP contribution in [-0.4, -0.2) is 36.4 Å². The van der Waals surface area contributed by atoms with Gasteiger partial charge in [0, 0.05) is 25.1 Å². The van der Waals surface area contributed by atoms with E-state index < -0.39 is 8.80 Å². The number of carbonyl (C=O) groups excluding carboxylic acids is 1. The molecule has 1 unspecified atom stereocenters. The van der Waals surface area contributed by atoms with Gasteiger partial charge in [-0.3, -0.25) is 4.79 Å². The maximum atomic E-state index is 11.9. The molecular formula is C30H35NO3SSi. The number of aliphatic hydroxyl groups excluding tert-OH is 2. The lowest BCUT2D eigenvalue weighted by Gasteiger charge is -2.30. The molecule has 0 aliphatic heterocycles. The lowest BCUT2D eigenvalue weighted by Crippen LogP contribution is -2.48. The zero-order valence-corrected chi connectivity index (χ0v) is 23.1. The lowest BCUT2D eigenvalue weighted by atomic mass is 9.87. The third-order valence-corrected chi connectivity index (χ3v) is 10.3. The minimum atomic E-state index is -1.14. The molecule has 36 heavy (non-hydrogen) atoms. The molecule has 0 spiro atoms. The van der Waals surface area contributed by atoms with Crippen molar-refractivity contribution in [3.63, 3.8) is 0 Å². The van der Waals surface area contributed by atoms with Crippen molar-refractivity contribution in [2.75, 3.05) is 11.9 Å². The molecule has 0 radical (unpaired) electrons. The first-order chi connectivity index (χ1) is 17.2. The van der Waals surface area contributed by atoms with Gasteiger partial charge < -0.3 is 15.5 Å². The van der Waals surface area contributed by atoms with E-state index in [1.165, 1.54) is 10.4 Å². The molecule has 0 heterocycles. The quantitative estimate of drug-likeness (QED) is 0.327. The van der Waals surface area contributed by atoms with E-state index in [9.17, 15) is 9.90 Å². The second-order valence-electron chi connectivity index (χ2n) is 10.1. The molecule has 0 fully saturated rings. The summed E-state index contributed by atoms with van der Waals surface area (Å²) in [5, 5.41) is 25.3. The average Bonchev–Trinajstić information content (AvgIpc) is 2.85. The second kappa shape index (κ2) is 12.8. The summed E-state index contributed by atoms with van der Waals surface area (Å²) in [6.07, 6.45) is 0.501. The number of nitrogens with one attached hydrogen (secondary N) is 1. The Morgan fingerprint density at radius 2 is 1.36 bits per heavy atom. The molecule has 0 saturated heterocycles. The molecule has 6 heteroatoms. The maximum absolute atomic E-state index is 11.9. The molecule has 0 amide bonds. The van der Waals surface area contributed by atoms with Crippen molar-refractivity contribution in [3.05, 3.63) is 102 Å². The van der Waals surface area contributed by atoms with Crippen LogP contribution in [0.3, 0.4) is 0 Å². The highest BCUT2D eigenvalue weighted by atomic mass is 32.1. The van der Waals surface area contributed by atoms with E-state index in [1.807, 2.05) is 30.3 Å². The summed E-state index contributed by atoms with van der Waals surface area (Å²) in [6.45, 7) is 6.99. The van der Waals surface area contributed by atoms with Crippen LogP contribution in [0.5, 0.6) is 0 Å². The molecule has 3 aromatic rings. The Labute approximate surface area is 221 Å². The Kier molecular flexibility index (Phi) is 9.76. The summed E-state index contributed by atoms with van der Waals surface area (Å²) in [6, 6.07) is 31.2. The molecule has 1 aliphatic carbocycles. The average molecular weight is 518 g/mol. The summed E-state index contributed by atoms with van der Waals surface area (Å²) in [5.41, 5.74) is 0.938. The number of aliphatic hydroxyl groups is 2.